The molecule has 1 amide bonds. The maximum Gasteiger partial charge on any atom is 0.270 e. The fourth-order valence-electron chi connectivity index (χ4n) is 2.25. The van der Waals surface area contributed by atoms with Crippen molar-refractivity contribution < 1.29 is 9.53 Å². The minimum Gasteiger partial charge on any atom is -0.373 e. The third-order valence-electron chi connectivity index (χ3n) is 3.46. The molecule has 0 aromatic carbocycles. The van der Waals surface area contributed by atoms with Gasteiger partial charge in [-0.15, -0.1) is 0 Å². The van der Waals surface area contributed by atoms with Crippen LogP contribution in [-0.2, 0) is 4.74 Å². The predicted octanol–water partition coefficient (Wildman–Crippen LogP) is 2.20. The van der Waals surface area contributed by atoms with Crippen LogP contribution in [0.1, 0.15) is 43.6 Å². The van der Waals surface area contributed by atoms with E-state index in [9.17, 15) is 4.79 Å². The largest absolute Gasteiger partial charge is 0.373 e. The van der Waals surface area contributed by atoms with Gasteiger partial charge in [0.25, 0.3) is 5.91 Å². The first-order valence-electron chi connectivity index (χ1n) is 7.26. The quantitative estimate of drug-likeness (QED) is 0.836. The molecule has 1 aromatic rings. The van der Waals surface area contributed by atoms with Crippen LogP contribution in [0.3, 0.4) is 0 Å². The van der Waals surface area contributed by atoms with Crippen LogP contribution < -0.4 is 10.6 Å². The zero-order valence-corrected chi connectivity index (χ0v) is 12.2. The average Bonchev–Trinajstić information content (AvgIpc) is 2.90. The lowest BCUT2D eigenvalue weighted by atomic mass is 10.0. The molecule has 0 aliphatic carbocycles. The van der Waals surface area contributed by atoms with Gasteiger partial charge in [-0.3, -0.25) is 4.79 Å². The normalized spacial score (nSPS) is 21.7. The van der Waals surface area contributed by atoms with Gasteiger partial charge < -0.3 is 15.4 Å². The Labute approximate surface area is 120 Å². The molecule has 5 heteroatoms. The lowest BCUT2D eigenvalue weighted by molar-refractivity contribution is 0.0205. The highest BCUT2D eigenvalue weighted by molar-refractivity contribution is 5.92. The lowest BCUT2D eigenvalue weighted by Crippen LogP contribution is -2.40. The Balaban J connectivity index is 1.91. The van der Waals surface area contributed by atoms with Gasteiger partial charge in [-0.05, 0) is 38.3 Å². The van der Waals surface area contributed by atoms with E-state index in [-0.39, 0.29) is 11.5 Å². The average molecular weight is 277 g/mol. The van der Waals surface area contributed by atoms with Crippen molar-refractivity contribution in [3.05, 3.63) is 23.9 Å². The number of carbonyl (C=O) groups is 1. The van der Waals surface area contributed by atoms with E-state index in [0.717, 1.165) is 38.2 Å². The summed E-state index contributed by atoms with van der Waals surface area (Å²) in [5, 5.41) is 6.09. The fraction of sp³-hybridized carbons (Fsp3) is 0.600. The van der Waals surface area contributed by atoms with E-state index >= 15 is 0 Å². The summed E-state index contributed by atoms with van der Waals surface area (Å²) in [5.41, 5.74) is 0.209. The zero-order chi connectivity index (χ0) is 14.4. The summed E-state index contributed by atoms with van der Waals surface area (Å²) < 4.78 is 5.66. The van der Waals surface area contributed by atoms with E-state index in [1.807, 2.05) is 19.1 Å². The third-order valence-corrected chi connectivity index (χ3v) is 3.46. The molecule has 1 aliphatic rings. The number of rotatable bonds is 6. The molecule has 1 saturated heterocycles. The van der Waals surface area contributed by atoms with Crippen molar-refractivity contribution in [3.8, 4) is 0 Å². The van der Waals surface area contributed by atoms with Gasteiger partial charge in [0.1, 0.15) is 11.5 Å². The first-order valence-corrected chi connectivity index (χ1v) is 7.26. The molecule has 1 aromatic heterocycles. The number of amides is 1. The molecule has 1 unspecified atom stereocenters. The number of hydrogen-bond acceptors (Lipinski definition) is 4. The Hall–Kier alpha value is -1.62. The van der Waals surface area contributed by atoms with Gasteiger partial charge in [0.2, 0.25) is 0 Å². The molecular weight excluding hydrogens is 254 g/mol. The monoisotopic (exact) mass is 277 g/mol. The molecule has 0 saturated carbocycles. The molecule has 110 valence electrons. The Bertz CT molecular complexity index is 456. The van der Waals surface area contributed by atoms with E-state index in [0.29, 0.717) is 12.2 Å². The van der Waals surface area contributed by atoms with E-state index in [1.165, 1.54) is 0 Å². The van der Waals surface area contributed by atoms with Gasteiger partial charge in [0.05, 0.1) is 5.60 Å². The van der Waals surface area contributed by atoms with Crippen molar-refractivity contribution in [1.29, 1.82) is 0 Å². The molecule has 2 N–H and O–H groups in total. The van der Waals surface area contributed by atoms with Gasteiger partial charge in [0, 0.05) is 19.7 Å². The molecule has 0 radical (unpaired) electrons. The van der Waals surface area contributed by atoms with Crippen LogP contribution in [0.25, 0.3) is 0 Å². The Morgan fingerprint density at radius 1 is 1.50 bits per heavy atom. The summed E-state index contributed by atoms with van der Waals surface area (Å²) in [6.45, 7) is 6.28. The Morgan fingerprint density at radius 2 is 2.35 bits per heavy atom. The van der Waals surface area contributed by atoms with Crippen LogP contribution in [0.2, 0.25) is 0 Å². The molecule has 20 heavy (non-hydrogen) atoms. The van der Waals surface area contributed by atoms with Gasteiger partial charge in [-0.25, -0.2) is 4.98 Å². The van der Waals surface area contributed by atoms with E-state index in [1.54, 1.807) is 6.07 Å². The number of hydrogen-bond donors (Lipinski definition) is 2. The van der Waals surface area contributed by atoms with Crippen LogP contribution in [-0.4, -0.2) is 36.2 Å². The first-order chi connectivity index (χ1) is 9.63. The molecule has 0 spiro atoms. The molecule has 0 bridgehead atoms. The SMILES string of the molecule is CCCNc1cccc(C(=O)NCC2(C)CCCO2)n1. The lowest BCUT2D eigenvalue weighted by Gasteiger charge is -2.23. The smallest absolute Gasteiger partial charge is 0.270 e. The van der Waals surface area contributed by atoms with Crippen LogP contribution in [0.4, 0.5) is 5.82 Å². The summed E-state index contributed by atoms with van der Waals surface area (Å²) in [6.07, 6.45) is 3.06. The number of nitrogens with one attached hydrogen (secondary N) is 2. The summed E-state index contributed by atoms with van der Waals surface area (Å²) in [7, 11) is 0. The summed E-state index contributed by atoms with van der Waals surface area (Å²) in [6, 6.07) is 5.44. The fourth-order valence-corrected chi connectivity index (χ4v) is 2.25. The Morgan fingerprint density at radius 3 is 3.05 bits per heavy atom. The van der Waals surface area contributed by atoms with E-state index < -0.39 is 0 Å². The van der Waals surface area contributed by atoms with Crippen molar-refractivity contribution in [2.45, 2.75) is 38.7 Å². The van der Waals surface area contributed by atoms with Gasteiger partial charge in [-0.2, -0.15) is 0 Å². The maximum absolute atomic E-state index is 12.1. The predicted molar refractivity (Wildman–Crippen MR) is 78.9 cm³/mol. The summed E-state index contributed by atoms with van der Waals surface area (Å²) >= 11 is 0. The number of nitrogens with zero attached hydrogens (tertiary/aromatic N) is 1. The van der Waals surface area contributed by atoms with Gasteiger partial charge in [-0.1, -0.05) is 13.0 Å². The Kier molecular flexibility index (Phi) is 4.95. The molecule has 1 fully saturated rings. The molecular formula is C15H23N3O2. The zero-order valence-electron chi connectivity index (χ0n) is 12.2. The summed E-state index contributed by atoms with van der Waals surface area (Å²) in [4.78, 5) is 16.4. The standard InChI is InChI=1S/C15H23N3O2/c1-3-9-16-13-7-4-6-12(18-13)14(19)17-11-15(2)8-5-10-20-15/h4,6-7H,3,5,8-11H2,1-2H3,(H,16,18)(H,17,19). The first kappa shape index (κ1) is 14.8. The van der Waals surface area contributed by atoms with Crippen molar-refractivity contribution >= 4 is 11.7 Å². The molecule has 5 nitrogen and oxygen atoms in total. The van der Waals surface area contributed by atoms with E-state index in [4.69, 9.17) is 4.74 Å². The number of anilines is 1. The second-order valence-electron chi connectivity index (χ2n) is 5.42. The topological polar surface area (TPSA) is 63.2 Å². The highest BCUT2D eigenvalue weighted by Gasteiger charge is 2.30. The van der Waals surface area contributed by atoms with Gasteiger partial charge >= 0.3 is 0 Å². The summed E-state index contributed by atoms with van der Waals surface area (Å²) in [5.74, 6) is 0.588. The number of carbonyl (C=O) groups excluding carboxylic acids is 1. The van der Waals surface area contributed by atoms with E-state index in [2.05, 4.69) is 22.5 Å². The molecule has 2 rings (SSSR count). The van der Waals surface area contributed by atoms with Crippen molar-refractivity contribution in [1.82, 2.24) is 10.3 Å². The van der Waals surface area contributed by atoms with Crippen molar-refractivity contribution in [2.75, 3.05) is 25.0 Å². The molecule has 1 atom stereocenters. The van der Waals surface area contributed by atoms with Crippen LogP contribution in [0.15, 0.2) is 18.2 Å². The molecule has 2 heterocycles. The minimum absolute atomic E-state index is 0.151. The van der Waals surface area contributed by atoms with Gasteiger partial charge in [0.15, 0.2) is 0 Å². The molecule has 1 aliphatic heterocycles. The van der Waals surface area contributed by atoms with Crippen LogP contribution >= 0.6 is 0 Å². The highest BCUT2D eigenvalue weighted by atomic mass is 16.5. The third kappa shape index (κ3) is 3.93. The van der Waals surface area contributed by atoms with Crippen molar-refractivity contribution in [2.24, 2.45) is 0 Å². The minimum atomic E-state index is -0.228. The maximum atomic E-state index is 12.1. The van der Waals surface area contributed by atoms with Crippen molar-refractivity contribution in [3.63, 3.8) is 0 Å². The number of ether oxygens (including phenoxy) is 1. The highest BCUT2D eigenvalue weighted by Crippen LogP contribution is 2.23. The number of aromatic nitrogens is 1. The number of pyridine rings is 1. The second-order valence-corrected chi connectivity index (χ2v) is 5.42. The second kappa shape index (κ2) is 6.70. The van der Waals surface area contributed by atoms with Crippen LogP contribution in [0.5, 0.6) is 0 Å². The van der Waals surface area contributed by atoms with Crippen LogP contribution in [0, 0.1) is 0 Å².